The van der Waals surface area contributed by atoms with E-state index in [-0.39, 0.29) is 0 Å². The predicted molar refractivity (Wildman–Crippen MR) is 92.2 cm³/mol. The molecule has 2 aromatic rings. The molecule has 1 aliphatic rings. The molecule has 0 radical (unpaired) electrons. The Morgan fingerprint density at radius 1 is 0.714 bits per heavy atom. The van der Waals surface area contributed by atoms with Gasteiger partial charge in [0.25, 0.3) is 0 Å². The number of hydrogen-bond donors (Lipinski definition) is 1. The second kappa shape index (κ2) is 5.32. The lowest BCUT2D eigenvalue weighted by atomic mass is 10.0. The number of nitrogens with one attached hydrogen (secondary N) is 1. The van der Waals surface area contributed by atoms with Gasteiger partial charge in [0.1, 0.15) is 0 Å². The topological polar surface area (TPSA) is 18.5 Å². The van der Waals surface area contributed by atoms with E-state index in [2.05, 4.69) is 79.7 Å². The van der Waals surface area contributed by atoms with Crippen LogP contribution in [0, 0.1) is 0 Å². The maximum Gasteiger partial charge on any atom is 0.0437 e. The van der Waals surface area contributed by atoms with Gasteiger partial charge in [0.15, 0.2) is 0 Å². The molecule has 0 spiro atoms. The molecule has 3 heteroatoms. The summed E-state index contributed by atoms with van der Waals surface area (Å²) in [6.07, 6.45) is 2.18. The van der Waals surface area contributed by atoms with Crippen LogP contribution in [0.4, 0.5) is 22.7 Å². The zero-order valence-corrected chi connectivity index (χ0v) is 13.3. The lowest BCUT2D eigenvalue weighted by molar-refractivity contribution is 0.975. The number of anilines is 4. The van der Waals surface area contributed by atoms with Crippen molar-refractivity contribution in [3.63, 3.8) is 0 Å². The summed E-state index contributed by atoms with van der Waals surface area (Å²) in [4.78, 5) is 4.29. The van der Waals surface area contributed by atoms with Crippen molar-refractivity contribution in [1.29, 1.82) is 0 Å². The van der Waals surface area contributed by atoms with E-state index in [0.717, 1.165) is 12.8 Å². The molecule has 110 valence electrons. The van der Waals surface area contributed by atoms with Gasteiger partial charge >= 0.3 is 0 Å². The van der Waals surface area contributed by atoms with Crippen LogP contribution in [0.5, 0.6) is 0 Å². The lowest BCUT2D eigenvalue weighted by Crippen LogP contribution is -2.10. The average molecular weight is 281 g/mol. The van der Waals surface area contributed by atoms with Gasteiger partial charge in [-0.25, -0.2) is 0 Å². The number of aryl methyl sites for hydroxylation is 2. The van der Waals surface area contributed by atoms with E-state index in [0.29, 0.717) is 0 Å². The summed E-state index contributed by atoms with van der Waals surface area (Å²) in [6, 6.07) is 13.4. The highest BCUT2D eigenvalue weighted by Gasteiger charge is 2.14. The fourth-order valence-corrected chi connectivity index (χ4v) is 2.77. The number of hydrogen-bond acceptors (Lipinski definition) is 3. The zero-order valence-electron chi connectivity index (χ0n) is 13.3. The molecule has 0 saturated carbocycles. The number of rotatable bonds is 2. The van der Waals surface area contributed by atoms with Gasteiger partial charge in [0.05, 0.1) is 0 Å². The quantitative estimate of drug-likeness (QED) is 0.906. The molecular formula is C18H23N3. The molecule has 0 aromatic heterocycles. The summed E-state index contributed by atoms with van der Waals surface area (Å²) in [5.74, 6) is 0. The summed E-state index contributed by atoms with van der Waals surface area (Å²) >= 11 is 0. The van der Waals surface area contributed by atoms with Gasteiger partial charge in [-0.1, -0.05) is 12.1 Å². The van der Waals surface area contributed by atoms with Crippen LogP contribution in [0.2, 0.25) is 0 Å². The van der Waals surface area contributed by atoms with E-state index in [4.69, 9.17) is 0 Å². The van der Waals surface area contributed by atoms with Gasteiger partial charge in [0.2, 0.25) is 0 Å². The molecule has 2 aromatic carbocycles. The monoisotopic (exact) mass is 281 g/mol. The average Bonchev–Trinajstić information content (AvgIpc) is 2.64. The van der Waals surface area contributed by atoms with Crippen molar-refractivity contribution in [2.45, 2.75) is 12.8 Å². The Hall–Kier alpha value is -2.16. The maximum atomic E-state index is 3.64. The number of benzene rings is 2. The van der Waals surface area contributed by atoms with Gasteiger partial charge in [-0.2, -0.15) is 0 Å². The zero-order chi connectivity index (χ0) is 15.0. The Labute approximate surface area is 127 Å². The summed E-state index contributed by atoms with van der Waals surface area (Å²) in [6.45, 7) is 0. The summed E-state index contributed by atoms with van der Waals surface area (Å²) in [5, 5.41) is 3.64. The van der Waals surface area contributed by atoms with Crippen molar-refractivity contribution < 1.29 is 0 Å². The Bertz CT molecular complexity index is 602. The molecule has 0 saturated heterocycles. The summed E-state index contributed by atoms with van der Waals surface area (Å²) in [5.41, 5.74) is 7.71. The van der Waals surface area contributed by atoms with Crippen molar-refractivity contribution in [2.75, 3.05) is 43.3 Å². The van der Waals surface area contributed by atoms with Crippen LogP contribution in [0.1, 0.15) is 11.1 Å². The van der Waals surface area contributed by atoms with Crippen molar-refractivity contribution in [3.8, 4) is 0 Å². The van der Waals surface area contributed by atoms with Crippen LogP contribution >= 0.6 is 0 Å². The highest BCUT2D eigenvalue weighted by Crippen LogP contribution is 2.34. The van der Waals surface area contributed by atoms with Crippen molar-refractivity contribution in [3.05, 3.63) is 47.5 Å². The third kappa shape index (κ3) is 2.68. The molecule has 21 heavy (non-hydrogen) atoms. The van der Waals surface area contributed by atoms with Gasteiger partial charge in [-0.3, -0.25) is 0 Å². The van der Waals surface area contributed by atoms with Crippen molar-refractivity contribution >= 4 is 22.7 Å². The van der Waals surface area contributed by atoms with Gasteiger partial charge in [0, 0.05) is 50.9 Å². The first-order valence-electron chi connectivity index (χ1n) is 7.42. The minimum atomic E-state index is 1.09. The largest absolute Gasteiger partial charge is 0.378 e. The SMILES string of the molecule is CN(C)c1ccc2c(c1)Nc1cc(N(C)C)ccc1CC2. The first-order valence-corrected chi connectivity index (χ1v) is 7.42. The molecule has 0 unspecified atom stereocenters. The molecule has 0 amide bonds. The van der Waals surface area contributed by atoms with E-state index in [1.54, 1.807) is 0 Å². The maximum absolute atomic E-state index is 3.64. The summed E-state index contributed by atoms with van der Waals surface area (Å²) < 4.78 is 0. The number of fused-ring (bicyclic) bond motifs is 2. The Morgan fingerprint density at radius 2 is 1.14 bits per heavy atom. The van der Waals surface area contributed by atoms with E-state index >= 15 is 0 Å². The molecule has 1 heterocycles. The molecule has 0 bridgehead atoms. The van der Waals surface area contributed by atoms with Crippen LogP contribution in [0.15, 0.2) is 36.4 Å². The van der Waals surface area contributed by atoms with Crippen LogP contribution in [-0.2, 0) is 12.8 Å². The smallest absolute Gasteiger partial charge is 0.0437 e. The van der Waals surface area contributed by atoms with Crippen LogP contribution in [-0.4, -0.2) is 28.2 Å². The molecule has 3 nitrogen and oxygen atoms in total. The van der Waals surface area contributed by atoms with Crippen molar-refractivity contribution in [2.24, 2.45) is 0 Å². The second-order valence-electron chi connectivity index (χ2n) is 6.10. The standard InChI is InChI=1S/C18H23N3/c1-20(2)15-9-7-13-5-6-14-8-10-16(21(3)4)12-18(14)19-17(13)11-15/h7-12,19H,5-6H2,1-4H3. The first-order chi connectivity index (χ1) is 10.0. The fourth-order valence-electron chi connectivity index (χ4n) is 2.77. The molecular weight excluding hydrogens is 258 g/mol. The predicted octanol–water partition coefficient (Wildman–Crippen LogP) is 3.66. The van der Waals surface area contributed by atoms with Gasteiger partial charge in [-0.15, -0.1) is 0 Å². The lowest BCUT2D eigenvalue weighted by Gasteiger charge is -2.18. The first kappa shape index (κ1) is 13.8. The summed E-state index contributed by atoms with van der Waals surface area (Å²) in [7, 11) is 8.32. The van der Waals surface area contributed by atoms with E-state index in [9.17, 15) is 0 Å². The highest BCUT2D eigenvalue weighted by atomic mass is 15.1. The normalized spacial score (nSPS) is 12.8. The third-order valence-electron chi connectivity index (χ3n) is 4.15. The molecule has 3 rings (SSSR count). The van der Waals surface area contributed by atoms with E-state index in [1.165, 1.54) is 33.9 Å². The van der Waals surface area contributed by atoms with E-state index in [1.807, 2.05) is 0 Å². The number of nitrogens with zero attached hydrogens (tertiary/aromatic N) is 2. The fraction of sp³-hybridized carbons (Fsp3) is 0.333. The van der Waals surface area contributed by atoms with Gasteiger partial charge < -0.3 is 15.1 Å². The third-order valence-corrected chi connectivity index (χ3v) is 4.15. The van der Waals surface area contributed by atoms with E-state index < -0.39 is 0 Å². The molecule has 0 aliphatic carbocycles. The second-order valence-corrected chi connectivity index (χ2v) is 6.10. The van der Waals surface area contributed by atoms with Gasteiger partial charge in [-0.05, 0) is 48.2 Å². The Kier molecular flexibility index (Phi) is 3.50. The van der Waals surface area contributed by atoms with Crippen LogP contribution < -0.4 is 15.1 Å². The minimum Gasteiger partial charge on any atom is -0.378 e. The highest BCUT2D eigenvalue weighted by molar-refractivity contribution is 5.74. The molecule has 0 atom stereocenters. The Balaban J connectivity index is 2.02. The van der Waals surface area contributed by atoms with Crippen LogP contribution in [0.25, 0.3) is 0 Å². The van der Waals surface area contributed by atoms with Crippen LogP contribution in [0.3, 0.4) is 0 Å². The Morgan fingerprint density at radius 3 is 1.52 bits per heavy atom. The molecule has 0 fully saturated rings. The molecule has 1 N–H and O–H groups in total. The van der Waals surface area contributed by atoms with Crippen molar-refractivity contribution in [1.82, 2.24) is 0 Å². The molecule has 1 aliphatic heterocycles. The minimum absolute atomic E-state index is 1.09.